The van der Waals surface area contributed by atoms with Gasteiger partial charge in [0.25, 0.3) is 0 Å². The number of benzene rings is 1. The maximum Gasteiger partial charge on any atom is 0.244 e. The fraction of sp³-hybridized carbons (Fsp3) is 0.308. The predicted molar refractivity (Wildman–Crippen MR) is 75.1 cm³/mol. The number of H-pyrrole nitrogens is 1. The van der Waals surface area contributed by atoms with E-state index >= 15 is 0 Å². The Hall–Kier alpha value is -1.86. The summed E-state index contributed by atoms with van der Waals surface area (Å²) >= 11 is 0. The van der Waals surface area contributed by atoms with Gasteiger partial charge in [-0.2, -0.15) is 5.10 Å². The molecule has 0 aliphatic rings. The largest absolute Gasteiger partial charge is 0.497 e. The van der Waals surface area contributed by atoms with Crippen molar-refractivity contribution in [3.63, 3.8) is 0 Å². The highest BCUT2D eigenvalue weighted by Crippen LogP contribution is 2.17. The number of ether oxygens (including phenoxy) is 1. The summed E-state index contributed by atoms with van der Waals surface area (Å²) < 4.78 is 32.2. The van der Waals surface area contributed by atoms with Crippen LogP contribution in [-0.4, -0.2) is 25.7 Å². The van der Waals surface area contributed by atoms with Crippen molar-refractivity contribution in [1.82, 2.24) is 14.9 Å². The van der Waals surface area contributed by atoms with Gasteiger partial charge in [0.2, 0.25) is 10.0 Å². The third-order valence-corrected chi connectivity index (χ3v) is 4.59. The first-order chi connectivity index (χ1) is 9.44. The Morgan fingerprint density at radius 3 is 2.70 bits per heavy atom. The summed E-state index contributed by atoms with van der Waals surface area (Å²) in [5, 5.41) is 6.57. The van der Waals surface area contributed by atoms with Gasteiger partial charge in [-0.05, 0) is 31.5 Å². The minimum Gasteiger partial charge on any atom is -0.497 e. The fourth-order valence-corrected chi connectivity index (χ4v) is 3.35. The Labute approximate surface area is 118 Å². The van der Waals surface area contributed by atoms with Crippen LogP contribution in [0, 0.1) is 13.8 Å². The minimum atomic E-state index is -3.58. The van der Waals surface area contributed by atoms with Crippen LogP contribution in [0.1, 0.15) is 17.0 Å². The van der Waals surface area contributed by atoms with Crippen LogP contribution >= 0.6 is 0 Å². The van der Waals surface area contributed by atoms with E-state index < -0.39 is 10.0 Å². The molecular formula is C13H17N3O3S. The van der Waals surface area contributed by atoms with Crippen molar-refractivity contribution in [2.24, 2.45) is 0 Å². The zero-order valence-electron chi connectivity index (χ0n) is 11.6. The number of nitrogens with one attached hydrogen (secondary N) is 2. The average Bonchev–Trinajstić information content (AvgIpc) is 2.77. The molecule has 0 saturated heterocycles. The predicted octanol–water partition coefficient (Wildman–Crippen LogP) is 1.51. The van der Waals surface area contributed by atoms with Gasteiger partial charge in [-0.15, -0.1) is 0 Å². The summed E-state index contributed by atoms with van der Waals surface area (Å²) in [5.41, 5.74) is 1.81. The van der Waals surface area contributed by atoms with Crippen LogP contribution in [0.3, 0.4) is 0 Å². The average molecular weight is 295 g/mol. The minimum absolute atomic E-state index is 0.198. The molecule has 0 aliphatic carbocycles. The zero-order valence-corrected chi connectivity index (χ0v) is 12.4. The quantitative estimate of drug-likeness (QED) is 0.876. The van der Waals surface area contributed by atoms with E-state index in [4.69, 9.17) is 4.74 Å². The van der Waals surface area contributed by atoms with Crippen molar-refractivity contribution in [1.29, 1.82) is 0 Å². The van der Waals surface area contributed by atoms with E-state index in [0.717, 1.165) is 5.56 Å². The van der Waals surface area contributed by atoms with Gasteiger partial charge in [0.15, 0.2) is 0 Å². The summed E-state index contributed by atoms with van der Waals surface area (Å²) in [4.78, 5) is 0.209. The maximum atomic E-state index is 12.3. The number of aryl methyl sites for hydroxylation is 2. The van der Waals surface area contributed by atoms with Crippen LogP contribution in [-0.2, 0) is 16.6 Å². The van der Waals surface area contributed by atoms with Gasteiger partial charge in [-0.1, -0.05) is 12.1 Å². The molecule has 0 aliphatic heterocycles. The number of methoxy groups -OCH3 is 1. The monoisotopic (exact) mass is 295 g/mol. The molecule has 0 unspecified atom stereocenters. The Balaban J connectivity index is 2.17. The van der Waals surface area contributed by atoms with Crippen LogP contribution in [0.4, 0.5) is 0 Å². The van der Waals surface area contributed by atoms with Crippen LogP contribution < -0.4 is 9.46 Å². The highest BCUT2D eigenvalue weighted by Gasteiger charge is 2.21. The molecule has 0 fully saturated rings. The lowest BCUT2D eigenvalue weighted by Gasteiger charge is -2.08. The van der Waals surface area contributed by atoms with Crippen LogP contribution in [0.15, 0.2) is 29.2 Å². The van der Waals surface area contributed by atoms with Crippen LogP contribution in [0.25, 0.3) is 0 Å². The fourth-order valence-electron chi connectivity index (χ4n) is 1.97. The molecule has 0 bridgehead atoms. The van der Waals surface area contributed by atoms with Gasteiger partial charge in [0.05, 0.1) is 18.5 Å². The molecule has 20 heavy (non-hydrogen) atoms. The molecule has 2 aromatic rings. The van der Waals surface area contributed by atoms with Gasteiger partial charge in [-0.25, -0.2) is 13.1 Å². The summed E-state index contributed by atoms with van der Waals surface area (Å²) in [6, 6.07) is 7.25. The highest BCUT2D eigenvalue weighted by atomic mass is 32.2. The van der Waals surface area contributed by atoms with Gasteiger partial charge in [0.1, 0.15) is 10.6 Å². The summed E-state index contributed by atoms with van der Waals surface area (Å²) in [5.74, 6) is 0.692. The molecule has 2 N–H and O–H groups in total. The van der Waals surface area contributed by atoms with Crippen molar-refractivity contribution in [3.05, 3.63) is 41.2 Å². The third-order valence-electron chi connectivity index (χ3n) is 2.93. The highest BCUT2D eigenvalue weighted by molar-refractivity contribution is 7.89. The Kier molecular flexibility index (Phi) is 4.10. The van der Waals surface area contributed by atoms with E-state index in [2.05, 4.69) is 14.9 Å². The number of rotatable bonds is 5. The Bertz CT molecular complexity index is 688. The number of sulfonamides is 1. The van der Waals surface area contributed by atoms with Crippen molar-refractivity contribution in [2.45, 2.75) is 25.3 Å². The van der Waals surface area contributed by atoms with E-state index in [1.165, 1.54) is 0 Å². The van der Waals surface area contributed by atoms with Crippen molar-refractivity contribution in [2.75, 3.05) is 7.11 Å². The van der Waals surface area contributed by atoms with Gasteiger partial charge < -0.3 is 4.74 Å². The summed E-state index contributed by atoms with van der Waals surface area (Å²) in [7, 11) is -2.01. The first-order valence-corrected chi connectivity index (χ1v) is 7.56. The number of hydrogen-bond acceptors (Lipinski definition) is 4. The van der Waals surface area contributed by atoms with Crippen molar-refractivity contribution < 1.29 is 13.2 Å². The normalized spacial score (nSPS) is 11.6. The van der Waals surface area contributed by atoms with E-state index in [1.54, 1.807) is 27.0 Å². The number of hydrogen-bond donors (Lipinski definition) is 2. The first-order valence-electron chi connectivity index (χ1n) is 6.08. The van der Waals surface area contributed by atoms with Gasteiger partial charge in [-0.3, -0.25) is 5.10 Å². The van der Waals surface area contributed by atoms with E-state index in [9.17, 15) is 8.42 Å². The molecule has 6 nitrogen and oxygen atoms in total. The van der Waals surface area contributed by atoms with Crippen molar-refractivity contribution >= 4 is 10.0 Å². The van der Waals surface area contributed by atoms with E-state index in [0.29, 0.717) is 17.1 Å². The number of aromatic amines is 1. The molecule has 0 radical (unpaired) electrons. The lowest BCUT2D eigenvalue weighted by atomic mass is 10.2. The van der Waals surface area contributed by atoms with Crippen molar-refractivity contribution in [3.8, 4) is 5.75 Å². The molecule has 108 valence electrons. The standard InChI is InChI=1S/C13H17N3O3S/c1-9-13(10(2)16-15-9)20(17,18)14-8-11-5-4-6-12(7-11)19-3/h4-7,14H,8H2,1-3H3,(H,15,16). The van der Waals surface area contributed by atoms with Gasteiger partial charge in [0, 0.05) is 6.54 Å². The first kappa shape index (κ1) is 14.5. The molecule has 1 aromatic carbocycles. The molecule has 0 spiro atoms. The van der Waals surface area contributed by atoms with Crippen LogP contribution in [0.5, 0.6) is 5.75 Å². The molecule has 1 heterocycles. The van der Waals surface area contributed by atoms with E-state index in [-0.39, 0.29) is 11.4 Å². The number of aromatic nitrogens is 2. The topological polar surface area (TPSA) is 84.1 Å². The lowest BCUT2D eigenvalue weighted by molar-refractivity contribution is 0.414. The summed E-state index contributed by atoms with van der Waals surface area (Å²) in [6.07, 6.45) is 0. The molecule has 2 rings (SSSR count). The number of nitrogens with zero attached hydrogens (tertiary/aromatic N) is 1. The Morgan fingerprint density at radius 2 is 2.10 bits per heavy atom. The molecular weight excluding hydrogens is 278 g/mol. The second-order valence-corrected chi connectivity index (χ2v) is 6.14. The van der Waals surface area contributed by atoms with Crippen LogP contribution in [0.2, 0.25) is 0 Å². The molecule has 7 heteroatoms. The summed E-state index contributed by atoms with van der Waals surface area (Å²) in [6.45, 7) is 3.54. The Morgan fingerprint density at radius 1 is 1.35 bits per heavy atom. The van der Waals surface area contributed by atoms with Gasteiger partial charge >= 0.3 is 0 Å². The second-order valence-electron chi connectivity index (χ2n) is 4.44. The SMILES string of the molecule is COc1cccc(CNS(=O)(=O)c2c(C)n[nH]c2C)c1. The lowest BCUT2D eigenvalue weighted by Crippen LogP contribution is -2.24. The van der Waals surface area contributed by atoms with E-state index in [1.807, 2.05) is 18.2 Å². The smallest absolute Gasteiger partial charge is 0.244 e. The molecule has 1 aromatic heterocycles. The molecule has 0 amide bonds. The second kappa shape index (κ2) is 5.64. The third kappa shape index (κ3) is 3.00. The zero-order chi connectivity index (χ0) is 14.8. The molecule has 0 atom stereocenters. The maximum absolute atomic E-state index is 12.3. The molecule has 0 saturated carbocycles.